The number of nitrogens with two attached hydrogens (primary N) is 1. The summed E-state index contributed by atoms with van der Waals surface area (Å²) in [6.07, 6.45) is 0.219. The molecule has 0 aliphatic heterocycles. The topological polar surface area (TPSA) is 78.3 Å². The Balaban J connectivity index is 1.96. The smallest absolute Gasteiger partial charge is 0.309 e. The number of hydrogen-bond acceptors (Lipinski definition) is 5. The number of methoxy groups -OCH3 is 1. The van der Waals surface area contributed by atoms with Crippen LogP contribution >= 0.6 is 0 Å². The molecule has 1 heterocycles. The van der Waals surface area contributed by atoms with Crippen LogP contribution in [0, 0.1) is 0 Å². The number of carbonyl (C=O) groups excluding carboxylic acids is 1. The minimum Gasteiger partial charge on any atom is -0.469 e. The molecule has 0 saturated carbocycles. The van der Waals surface area contributed by atoms with E-state index in [4.69, 9.17) is 10.2 Å². The zero-order valence-corrected chi connectivity index (χ0v) is 11.5. The van der Waals surface area contributed by atoms with Gasteiger partial charge in [0.05, 0.1) is 13.5 Å². The SMILES string of the molecule is COC(=O)Cc1ccc2oc(-c3ccc(N)cc3)nc2c1. The van der Waals surface area contributed by atoms with Gasteiger partial charge in [-0.2, -0.15) is 0 Å². The third-order valence-electron chi connectivity index (χ3n) is 3.19. The number of nitrogens with zero attached hydrogens (tertiary/aromatic N) is 1. The fourth-order valence-electron chi connectivity index (χ4n) is 2.07. The molecule has 0 saturated heterocycles. The zero-order valence-electron chi connectivity index (χ0n) is 11.5. The molecule has 1 aromatic heterocycles. The van der Waals surface area contributed by atoms with Crippen molar-refractivity contribution < 1.29 is 13.9 Å². The molecule has 5 heteroatoms. The van der Waals surface area contributed by atoms with E-state index in [-0.39, 0.29) is 12.4 Å². The predicted octanol–water partition coefficient (Wildman–Crippen LogP) is 2.79. The first kappa shape index (κ1) is 13.2. The summed E-state index contributed by atoms with van der Waals surface area (Å²) in [6.45, 7) is 0. The van der Waals surface area contributed by atoms with Gasteiger partial charge in [-0.05, 0) is 42.0 Å². The Morgan fingerprint density at radius 1 is 1.24 bits per heavy atom. The summed E-state index contributed by atoms with van der Waals surface area (Å²) in [5, 5.41) is 0. The average molecular weight is 282 g/mol. The highest BCUT2D eigenvalue weighted by Gasteiger charge is 2.10. The fourth-order valence-corrected chi connectivity index (χ4v) is 2.07. The van der Waals surface area contributed by atoms with Crippen molar-refractivity contribution in [1.29, 1.82) is 0 Å². The molecular formula is C16H14N2O3. The number of hydrogen-bond donors (Lipinski definition) is 1. The number of anilines is 1. The van der Waals surface area contributed by atoms with Crippen LogP contribution in [0.2, 0.25) is 0 Å². The lowest BCUT2D eigenvalue weighted by molar-refractivity contribution is -0.139. The standard InChI is InChI=1S/C16H14N2O3/c1-20-15(19)9-10-2-7-14-13(8-10)18-16(21-14)11-3-5-12(17)6-4-11/h2-8H,9,17H2,1H3. The van der Waals surface area contributed by atoms with Gasteiger partial charge in [0.1, 0.15) is 5.52 Å². The van der Waals surface area contributed by atoms with E-state index in [1.165, 1.54) is 7.11 Å². The van der Waals surface area contributed by atoms with Crippen LogP contribution in [-0.2, 0) is 16.0 Å². The van der Waals surface area contributed by atoms with Gasteiger partial charge < -0.3 is 14.9 Å². The molecule has 0 fully saturated rings. The molecule has 0 atom stereocenters. The van der Waals surface area contributed by atoms with Crippen molar-refractivity contribution >= 4 is 22.8 Å². The van der Waals surface area contributed by atoms with Crippen molar-refractivity contribution in [2.45, 2.75) is 6.42 Å². The molecule has 3 rings (SSSR count). The molecule has 2 aromatic carbocycles. The molecule has 0 bridgehead atoms. The Morgan fingerprint density at radius 3 is 2.71 bits per heavy atom. The van der Waals surface area contributed by atoms with E-state index in [1.54, 1.807) is 18.2 Å². The zero-order chi connectivity index (χ0) is 14.8. The molecule has 5 nitrogen and oxygen atoms in total. The minimum absolute atomic E-state index is 0.219. The number of esters is 1. The van der Waals surface area contributed by atoms with Gasteiger partial charge in [-0.1, -0.05) is 6.07 Å². The summed E-state index contributed by atoms with van der Waals surface area (Å²) < 4.78 is 10.4. The van der Waals surface area contributed by atoms with Crippen molar-refractivity contribution in [1.82, 2.24) is 4.98 Å². The van der Waals surface area contributed by atoms with Crippen molar-refractivity contribution in [2.75, 3.05) is 12.8 Å². The van der Waals surface area contributed by atoms with Gasteiger partial charge in [0.2, 0.25) is 5.89 Å². The van der Waals surface area contributed by atoms with E-state index in [9.17, 15) is 4.79 Å². The number of oxazole rings is 1. The molecule has 0 spiro atoms. The van der Waals surface area contributed by atoms with Gasteiger partial charge in [-0.25, -0.2) is 4.98 Å². The average Bonchev–Trinajstić information content (AvgIpc) is 2.91. The van der Waals surface area contributed by atoms with Gasteiger partial charge in [0.25, 0.3) is 0 Å². The van der Waals surface area contributed by atoms with Crippen molar-refractivity contribution in [2.24, 2.45) is 0 Å². The molecule has 2 N–H and O–H groups in total. The van der Waals surface area contributed by atoms with Crippen LogP contribution < -0.4 is 5.73 Å². The number of aromatic nitrogens is 1. The number of rotatable bonds is 3. The van der Waals surface area contributed by atoms with Crippen LogP contribution in [0.15, 0.2) is 46.9 Å². The predicted molar refractivity (Wildman–Crippen MR) is 79.6 cm³/mol. The van der Waals surface area contributed by atoms with Crippen LogP contribution in [0.4, 0.5) is 5.69 Å². The molecule has 0 unspecified atom stereocenters. The quantitative estimate of drug-likeness (QED) is 0.590. The van der Waals surface area contributed by atoms with Crippen LogP contribution in [0.1, 0.15) is 5.56 Å². The molecule has 0 radical (unpaired) electrons. The summed E-state index contributed by atoms with van der Waals surface area (Å²) in [7, 11) is 1.37. The molecule has 21 heavy (non-hydrogen) atoms. The van der Waals surface area contributed by atoms with E-state index in [0.717, 1.165) is 11.1 Å². The second kappa shape index (κ2) is 5.28. The molecule has 0 aliphatic rings. The van der Waals surface area contributed by atoms with E-state index in [0.29, 0.717) is 22.7 Å². The molecule has 0 amide bonds. The third-order valence-corrected chi connectivity index (χ3v) is 3.19. The highest BCUT2D eigenvalue weighted by molar-refractivity contribution is 5.79. The normalized spacial score (nSPS) is 10.7. The summed E-state index contributed by atoms with van der Waals surface area (Å²) >= 11 is 0. The third kappa shape index (κ3) is 2.72. The summed E-state index contributed by atoms with van der Waals surface area (Å²) in [4.78, 5) is 15.7. The Morgan fingerprint density at radius 2 is 2.00 bits per heavy atom. The maximum Gasteiger partial charge on any atom is 0.309 e. The highest BCUT2D eigenvalue weighted by Crippen LogP contribution is 2.25. The van der Waals surface area contributed by atoms with Gasteiger partial charge >= 0.3 is 5.97 Å². The Labute approximate surface area is 121 Å². The second-order valence-electron chi connectivity index (χ2n) is 4.70. The lowest BCUT2D eigenvalue weighted by atomic mass is 10.1. The Bertz CT molecular complexity index is 791. The van der Waals surface area contributed by atoms with Gasteiger partial charge in [-0.15, -0.1) is 0 Å². The van der Waals surface area contributed by atoms with Crippen LogP contribution in [0.5, 0.6) is 0 Å². The monoisotopic (exact) mass is 282 g/mol. The maximum absolute atomic E-state index is 11.3. The lowest BCUT2D eigenvalue weighted by Gasteiger charge is -1.98. The van der Waals surface area contributed by atoms with E-state index >= 15 is 0 Å². The number of benzene rings is 2. The molecule has 0 aliphatic carbocycles. The fraction of sp³-hybridized carbons (Fsp3) is 0.125. The van der Waals surface area contributed by atoms with Crippen LogP contribution in [-0.4, -0.2) is 18.1 Å². The number of fused-ring (bicyclic) bond motifs is 1. The summed E-state index contributed by atoms with van der Waals surface area (Å²) in [5.74, 6) is 0.247. The Hall–Kier alpha value is -2.82. The van der Waals surface area contributed by atoms with Gasteiger partial charge in [0.15, 0.2) is 5.58 Å². The lowest BCUT2D eigenvalue weighted by Crippen LogP contribution is -2.04. The molecular weight excluding hydrogens is 268 g/mol. The Kier molecular flexibility index (Phi) is 3.31. The number of carbonyl (C=O) groups is 1. The first-order valence-electron chi connectivity index (χ1n) is 6.48. The molecule has 106 valence electrons. The summed E-state index contributed by atoms with van der Waals surface area (Å²) in [6, 6.07) is 12.8. The number of nitrogen functional groups attached to an aromatic ring is 1. The first-order chi connectivity index (χ1) is 10.2. The summed E-state index contributed by atoms with van der Waals surface area (Å²) in [5.41, 5.74) is 9.44. The van der Waals surface area contributed by atoms with Crippen molar-refractivity contribution in [3.63, 3.8) is 0 Å². The highest BCUT2D eigenvalue weighted by atomic mass is 16.5. The first-order valence-corrected chi connectivity index (χ1v) is 6.48. The van der Waals surface area contributed by atoms with Gasteiger partial charge in [0, 0.05) is 11.3 Å². The van der Waals surface area contributed by atoms with Crippen LogP contribution in [0.3, 0.4) is 0 Å². The molecule has 3 aromatic rings. The van der Waals surface area contributed by atoms with Crippen molar-refractivity contribution in [3.05, 3.63) is 48.0 Å². The largest absolute Gasteiger partial charge is 0.469 e. The van der Waals surface area contributed by atoms with Crippen LogP contribution in [0.25, 0.3) is 22.6 Å². The van der Waals surface area contributed by atoms with Gasteiger partial charge in [-0.3, -0.25) is 4.79 Å². The van der Waals surface area contributed by atoms with Crippen molar-refractivity contribution in [3.8, 4) is 11.5 Å². The second-order valence-corrected chi connectivity index (χ2v) is 4.70. The maximum atomic E-state index is 11.3. The van der Waals surface area contributed by atoms with E-state index in [2.05, 4.69) is 9.72 Å². The van der Waals surface area contributed by atoms with E-state index in [1.807, 2.05) is 24.3 Å². The minimum atomic E-state index is -0.281. The van der Waals surface area contributed by atoms with E-state index < -0.39 is 0 Å². The number of ether oxygens (including phenoxy) is 1.